The number of anilines is 2. The fourth-order valence-corrected chi connectivity index (χ4v) is 6.15. The summed E-state index contributed by atoms with van der Waals surface area (Å²) in [5.41, 5.74) is 3.59. The first-order chi connectivity index (χ1) is 19.9. The zero-order chi connectivity index (χ0) is 28.4. The molecule has 1 aliphatic heterocycles. The van der Waals surface area contributed by atoms with Crippen molar-refractivity contribution in [3.63, 3.8) is 0 Å². The van der Waals surface area contributed by atoms with Gasteiger partial charge in [0.15, 0.2) is 11.6 Å². The molecule has 3 aliphatic rings. The van der Waals surface area contributed by atoms with Gasteiger partial charge < -0.3 is 29.2 Å². The zero-order valence-corrected chi connectivity index (χ0v) is 24.3. The second kappa shape index (κ2) is 9.86. The molecule has 5 heterocycles. The van der Waals surface area contributed by atoms with Crippen LogP contribution in [-0.4, -0.2) is 101 Å². The Balaban J connectivity index is 1.27. The fourth-order valence-electron chi connectivity index (χ4n) is 6.15. The lowest BCUT2D eigenvalue weighted by Gasteiger charge is -2.32. The van der Waals surface area contributed by atoms with E-state index < -0.39 is 0 Å². The molecule has 2 aliphatic carbocycles. The lowest BCUT2D eigenvalue weighted by molar-refractivity contribution is 0.0651. The van der Waals surface area contributed by atoms with Gasteiger partial charge in [-0.2, -0.15) is 5.10 Å². The Hall–Kier alpha value is -3.93. The number of nitrogens with zero attached hydrogens (tertiary/aromatic N) is 9. The highest BCUT2D eigenvalue weighted by Gasteiger charge is 2.43. The van der Waals surface area contributed by atoms with Gasteiger partial charge in [-0.3, -0.25) is 14.3 Å². The molecule has 0 atom stereocenters. The number of fused-ring (bicyclic) bond motifs is 3. The van der Waals surface area contributed by atoms with Crippen LogP contribution in [0.15, 0.2) is 18.5 Å². The third-order valence-electron chi connectivity index (χ3n) is 8.69. The molecule has 3 fully saturated rings. The standard InChI is InChI=1S/C29H38N10O2/c1-5-37-21(29(41)39(18-7-8-18)19-9-10-19)15-20-25-24(30-17-35(25)4)26(32-27(20)37)31-23-16-22(38(6-2)33-23)28(40)36-13-11-34(3)12-14-36/h15-19H,5-14H2,1-4H3,(H,31,32,33). The van der Waals surface area contributed by atoms with Crippen LogP contribution in [0, 0.1) is 0 Å². The largest absolute Gasteiger partial charge is 0.335 e. The average molecular weight is 559 g/mol. The van der Waals surface area contributed by atoms with Crippen LogP contribution >= 0.6 is 0 Å². The molecule has 2 saturated carbocycles. The van der Waals surface area contributed by atoms with Gasteiger partial charge >= 0.3 is 0 Å². The highest BCUT2D eigenvalue weighted by Crippen LogP contribution is 2.39. The molecule has 0 radical (unpaired) electrons. The van der Waals surface area contributed by atoms with Gasteiger partial charge in [0.2, 0.25) is 0 Å². The number of nitrogens with one attached hydrogen (secondary N) is 1. The summed E-state index contributed by atoms with van der Waals surface area (Å²) in [6.45, 7) is 8.36. The van der Waals surface area contributed by atoms with E-state index in [2.05, 4.69) is 34.1 Å². The van der Waals surface area contributed by atoms with Gasteiger partial charge in [0.25, 0.3) is 11.8 Å². The lowest BCUT2D eigenvalue weighted by Crippen LogP contribution is -2.47. The average Bonchev–Trinajstić information content (AvgIpc) is 3.88. The monoisotopic (exact) mass is 558 g/mol. The van der Waals surface area contributed by atoms with Crippen molar-refractivity contribution in [1.29, 1.82) is 0 Å². The van der Waals surface area contributed by atoms with Crippen LogP contribution < -0.4 is 5.32 Å². The third kappa shape index (κ3) is 4.44. The molecule has 4 aromatic rings. The first-order valence-corrected chi connectivity index (χ1v) is 14.9. The van der Waals surface area contributed by atoms with Gasteiger partial charge in [0.05, 0.1) is 11.8 Å². The minimum Gasteiger partial charge on any atom is -0.335 e. The third-order valence-corrected chi connectivity index (χ3v) is 8.69. The number of imidazole rings is 1. The maximum absolute atomic E-state index is 13.9. The summed E-state index contributed by atoms with van der Waals surface area (Å²) in [6, 6.07) is 4.55. The van der Waals surface area contributed by atoms with E-state index in [9.17, 15) is 9.59 Å². The van der Waals surface area contributed by atoms with E-state index in [0.717, 1.165) is 55.3 Å². The lowest BCUT2D eigenvalue weighted by atomic mass is 10.2. The summed E-state index contributed by atoms with van der Waals surface area (Å²) in [5, 5.41) is 8.99. The molecule has 1 N–H and O–H groups in total. The maximum Gasteiger partial charge on any atom is 0.272 e. The number of hydrogen-bond acceptors (Lipinski definition) is 7. The van der Waals surface area contributed by atoms with Crippen molar-refractivity contribution >= 4 is 45.5 Å². The number of aromatic nitrogens is 6. The van der Waals surface area contributed by atoms with E-state index in [-0.39, 0.29) is 11.8 Å². The van der Waals surface area contributed by atoms with Crippen LogP contribution in [0.5, 0.6) is 0 Å². The van der Waals surface area contributed by atoms with Gasteiger partial charge in [-0.25, -0.2) is 9.97 Å². The van der Waals surface area contributed by atoms with Crippen molar-refractivity contribution < 1.29 is 9.59 Å². The Labute approximate surface area is 238 Å². The maximum atomic E-state index is 13.9. The number of carbonyl (C=O) groups excluding carboxylic acids is 2. The molecule has 0 unspecified atom stereocenters. The number of amides is 2. The van der Waals surface area contributed by atoms with Crippen LogP contribution in [0.4, 0.5) is 11.6 Å². The van der Waals surface area contributed by atoms with Crippen LogP contribution in [-0.2, 0) is 20.1 Å². The summed E-state index contributed by atoms with van der Waals surface area (Å²) < 4.78 is 5.75. The topological polar surface area (TPSA) is 109 Å². The molecule has 216 valence electrons. The molecule has 1 saturated heterocycles. The highest BCUT2D eigenvalue weighted by molar-refractivity contribution is 6.10. The smallest absolute Gasteiger partial charge is 0.272 e. The first kappa shape index (κ1) is 26.0. The van der Waals surface area contributed by atoms with E-state index in [1.165, 1.54) is 0 Å². The first-order valence-electron chi connectivity index (χ1n) is 14.9. The second-order valence-electron chi connectivity index (χ2n) is 11.7. The van der Waals surface area contributed by atoms with Crippen LogP contribution in [0.25, 0.3) is 22.1 Å². The van der Waals surface area contributed by atoms with Crippen molar-refractivity contribution in [2.75, 3.05) is 38.5 Å². The number of carbonyl (C=O) groups is 2. The van der Waals surface area contributed by atoms with Crippen molar-refractivity contribution in [1.82, 2.24) is 43.6 Å². The fraction of sp³-hybridized carbons (Fsp3) is 0.552. The van der Waals surface area contributed by atoms with Crippen molar-refractivity contribution in [3.05, 3.63) is 29.8 Å². The Morgan fingerprint density at radius 2 is 1.68 bits per heavy atom. The SMILES string of the molecule is CCn1nc(Nc2nc3c(cc(C(=O)N(C4CC4)C4CC4)n3CC)c3c2ncn3C)cc1C(=O)N1CCN(C)CC1. The van der Waals surface area contributed by atoms with E-state index >= 15 is 0 Å². The highest BCUT2D eigenvalue weighted by atomic mass is 16.2. The number of hydrogen-bond donors (Lipinski definition) is 1. The molecule has 41 heavy (non-hydrogen) atoms. The van der Waals surface area contributed by atoms with Gasteiger partial charge in [0, 0.05) is 69.9 Å². The predicted molar refractivity (Wildman–Crippen MR) is 156 cm³/mol. The van der Waals surface area contributed by atoms with Gasteiger partial charge in [-0.1, -0.05) is 0 Å². The molecular formula is C29H38N10O2. The quantitative estimate of drug-likeness (QED) is 0.354. The number of piperazine rings is 1. The Morgan fingerprint density at radius 3 is 2.32 bits per heavy atom. The van der Waals surface area contributed by atoms with E-state index in [1.54, 1.807) is 11.0 Å². The summed E-state index contributed by atoms with van der Waals surface area (Å²) in [7, 11) is 4.04. The van der Waals surface area contributed by atoms with Crippen molar-refractivity contribution in [2.24, 2.45) is 7.05 Å². The zero-order valence-electron chi connectivity index (χ0n) is 24.3. The Bertz CT molecular complexity index is 1640. The van der Waals surface area contributed by atoms with E-state index in [1.807, 2.05) is 40.1 Å². The molecule has 12 heteroatoms. The number of rotatable bonds is 8. The Morgan fingerprint density at radius 1 is 0.976 bits per heavy atom. The molecule has 7 rings (SSSR count). The number of aryl methyl sites for hydroxylation is 3. The molecule has 0 spiro atoms. The normalized spacial score (nSPS) is 18.0. The molecule has 4 aromatic heterocycles. The van der Waals surface area contributed by atoms with Crippen LogP contribution in [0.3, 0.4) is 0 Å². The second-order valence-corrected chi connectivity index (χ2v) is 11.7. The molecule has 0 aromatic carbocycles. The Kier molecular flexibility index (Phi) is 6.25. The van der Waals surface area contributed by atoms with Gasteiger partial charge in [-0.15, -0.1) is 0 Å². The van der Waals surface area contributed by atoms with E-state index in [4.69, 9.17) is 10.1 Å². The van der Waals surface area contributed by atoms with Crippen LogP contribution in [0.1, 0.15) is 60.5 Å². The van der Waals surface area contributed by atoms with Gasteiger partial charge in [-0.05, 0) is 52.6 Å². The van der Waals surface area contributed by atoms with Crippen LogP contribution in [0.2, 0.25) is 0 Å². The molecule has 0 bridgehead atoms. The van der Waals surface area contributed by atoms with Crippen molar-refractivity contribution in [2.45, 2.75) is 64.7 Å². The molecular weight excluding hydrogens is 520 g/mol. The van der Waals surface area contributed by atoms with Gasteiger partial charge in [0.1, 0.15) is 22.6 Å². The minimum atomic E-state index is -0.00853. The van der Waals surface area contributed by atoms with Crippen molar-refractivity contribution in [3.8, 4) is 0 Å². The summed E-state index contributed by atoms with van der Waals surface area (Å²) in [6.07, 6.45) is 6.15. The predicted octanol–water partition coefficient (Wildman–Crippen LogP) is 3.06. The summed E-state index contributed by atoms with van der Waals surface area (Å²) in [5.74, 6) is 1.20. The summed E-state index contributed by atoms with van der Waals surface area (Å²) in [4.78, 5) is 43.2. The van der Waals surface area contributed by atoms with E-state index in [0.29, 0.717) is 66.8 Å². The minimum absolute atomic E-state index is 0.00853. The molecule has 12 nitrogen and oxygen atoms in total. The summed E-state index contributed by atoms with van der Waals surface area (Å²) >= 11 is 0. The molecule has 2 amide bonds. The number of likely N-dealkylation sites (N-methyl/N-ethyl adjacent to an activating group) is 1. The number of pyridine rings is 1.